The van der Waals surface area contributed by atoms with Gasteiger partial charge in [0.05, 0.1) is 0 Å². The molecule has 5 N–H and O–H groups in total. The second kappa shape index (κ2) is 3.85. The van der Waals surface area contributed by atoms with Crippen molar-refractivity contribution in [3.05, 3.63) is 35.9 Å². The normalized spacial score (nSPS) is 12.4. The summed E-state index contributed by atoms with van der Waals surface area (Å²) in [6.07, 6.45) is 0. The highest BCUT2D eigenvalue weighted by atomic mass is 16.1. The van der Waals surface area contributed by atoms with Crippen molar-refractivity contribution < 1.29 is 4.79 Å². The summed E-state index contributed by atoms with van der Waals surface area (Å²) in [4.78, 5) is 10.8. The van der Waals surface area contributed by atoms with Crippen LogP contribution >= 0.6 is 0 Å². The van der Waals surface area contributed by atoms with Gasteiger partial charge in [-0.1, -0.05) is 30.3 Å². The third-order valence-electron chi connectivity index (χ3n) is 1.58. The molecule has 4 heteroatoms. The summed E-state index contributed by atoms with van der Waals surface area (Å²) in [5, 5.41) is 0. The maximum Gasteiger partial charge on any atom is 0.240 e. The molecule has 0 aliphatic rings. The van der Waals surface area contributed by atoms with E-state index in [9.17, 15) is 4.79 Å². The summed E-state index contributed by atoms with van der Waals surface area (Å²) in [6, 6.07) is 8.47. The molecule has 12 heavy (non-hydrogen) atoms. The summed E-state index contributed by atoms with van der Waals surface area (Å²) >= 11 is 0. The number of hydrogen-bond donors (Lipinski definition) is 3. The number of hydrogen-bond acceptors (Lipinski definition) is 3. The van der Waals surface area contributed by atoms with Gasteiger partial charge in [-0.3, -0.25) is 10.6 Å². The van der Waals surface area contributed by atoms with Crippen molar-refractivity contribution in [2.75, 3.05) is 0 Å². The van der Waals surface area contributed by atoms with Gasteiger partial charge in [-0.2, -0.15) is 0 Å². The van der Waals surface area contributed by atoms with Crippen LogP contribution in [-0.2, 0) is 4.79 Å². The predicted octanol–water partition coefficient (Wildman–Crippen LogP) is -0.324. The van der Waals surface area contributed by atoms with Crippen molar-refractivity contribution >= 4 is 5.91 Å². The molecular weight excluding hydrogens is 154 g/mol. The zero-order chi connectivity index (χ0) is 8.97. The number of amides is 1. The molecular formula is C8H11N3O. The van der Waals surface area contributed by atoms with Crippen LogP contribution in [0.2, 0.25) is 0 Å². The van der Waals surface area contributed by atoms with Crippen molar-refractivity contribution in [2.45, 2.75) is 6.04 Å². The number of hydrazine groups is 1. The average molecular weight is 165 g/mol. The van der Waals surface area contributed by atoms with E-state index in [0.29, 0.717) is 0 Å². The van der Waals surface area contributed by atoms with E-state index in [1.165, 1.54) is 0 Å². The first-order valence-corrected chi connectivity index (χ1v) is 3.56. The van der Waals surface area contributed by atoms with Crippen molar-refractivity contribution in [2.24, 2.45) is 11.6 Å². The molecule has 64 valence electrons. The van der Waals surface area contributed by atoms with E-state index in [1.54, 1.807) is 12.1 Å². The van der Waals surface area contributed by atoms with Gasteiger partial charge in [0.2, 0.25) is 5.91 Å². The van der Waals surface area contributed by atoms with E-state index in [4.69, 9.17) is 11.6 Å². The Hall–Kier alpha value is -1.39. The Morgan fingerprint density at radius 2 is 1.92 bits per heavy atom. The van der Waals surface area contributed by atoms with Crippen LogP contribution in [-0.4, -0.2) is 5.91 Å². The van der Waals surface area contributed by atoms with Crippen molar-refractivity contribution in [3.8, 4) is 0 Å². The third kappa shape index (κ3) is 1.81. The Labute approximate surface area is 70.5 Å². The van der Waals surface area contributed by atoms with Crippen molar-refractivity contribution in [1.82, 2.24) is 5.43 Å². The molecule has 4 nitrogen and oxygen atoms in total. The molecule has 0 heterocycles. The van der Waals surface area contributed by atoms with E-state index in [2.05, 4.69) is 5.43 Å². The second-order valence-corrected chi connectivity index (χ2v) is 2.41. The van der Waals surface area contributed by atoms with Crippen LogP contribution in [0.15, 0.2) is 30.3 Å². The van der Waals surface area contributed by atoms with Gasteiger partial charge in [0.25, 0.3) is 0 Å². The monoisotopic (exact) mass is 165 g/mol. The van der Waals surface area contributed by atoms with Gasteiger partial charge in [-0.25, -0.2) is 5.43 Å². The number of rotatable bonds is 3. The van der Waals surface area contributed by atoms with Gasteiger partial charge in [0.1, 0.15) is 6.04 Å². The lowest BCUT2D eigenvalue weighted by Gasteiger charge is -2.11. The van der Waals surface area contributed by atoms with Gasteiger partial charge in [0.15, 0.2) is 0 Å². The van der Waals surface area contributed by atoms with E-state index < -0.39 is 11.9 Å². The fourth-order valence-corrected chi connectivity index (χ4v) is 0.988. The number of carbonyl (C=O) groups excluding carboxylic acids is 1. The molecule has 0 spiro atoms. The molecule has 1 unspecified atom stereocenters. The van der Waals surface area contributed by atoms with Crippen LogP contribution in [0.3, 0.4) is 0 Å². The molecule has 1 aromatic carbocycles. The number of nitrogens with two attached hydrogens (primary N) is 2. The lowest BCUT2D eigenvalue weighted by molar-refractivity contribution is -0.120. The van der Waals surface area contributed by atoms with Crippen LogP contribution in [0.25, 0.3) is 0 Å². The standard InChI is InChI=1S/C8H11N3O/c9-8(12)7(11-10)6-4-2-1-3-5-6/h1-5,7,11H,10H2,(H2,9,12). The van der Waals surface area contributed by atoms with E-state index in [0.717, 1.165) is 5.56 Å². The van der Waals surface area contributed by atoms with Crippen LogP contribution < -0.4 is 17.0 Å². The summed E-state index contributed by atoms with van der Waals surface area (Å²) < 4.78 is 0. The number of nitrogens with one attached hydrogen (secondary N) is 1. The zero-order valence-corrected chi connectivity index (χ0v) is 6.53. The van der Waals surface area contributed by atoms with Gasteiger partial charge in [-0.05, 0) is 5.56 Å². The largest absolute Gasteiger partial charge is 0.368 e. The fraction of sp³-hybridized carbons (Fsp3) is 0.125. The quantitative estimate of drug-likeness (QED) is 0.424. The molecule has 0 aromatic heterocycles. The smallest absolute Gasteiger partial charge is 0.240 e. The topological polar surface area (TPSA) is 81.1 Å². The maximum absolute atomic E-state index is 10.8. The van der Waals surface area contributed by atoms with Crippen LogP contribution in [0.4, 0.5) is 0 Å². The first-order chi connectivity index (χ1) is 5.75. The van der Waals surface area contributed by atoms with E-state index in [1.807, 2.05) is 18.2 Å². The molecule has 0 fully saturated rings. The first-order valence-electron chi connectivity index (χ1n) is 3.56. The Kier molecular flexibility index (Phi) is 2.79. The molecule has 1 atom stereocenters. The number of primary amides is 1. The van der Waals surface area contributed by atoms with E-state index >= 15 is 0 Å². The highest BCUT2D eigenvalue weighted by Gasteiger charge is 2.14. The molecule has 0 aliphatic heterocycles. The molecule has 0 saturated heterocycles. The Bertz CT molecular complexity index is 260. The fourth-order valence-electron chi connectivity index (χ4n) is 0.988. The molecule has 0 saturated carbocycles. The zero-order valence-electron chi connectivity index (χ0n) is 6.53. The van der Waals surface area contributed by atoms with Gasteiger partial charge in [0, 0.05) is 0 Å². The Balaban J connectivity index is 2.88. The third-order valence-corrected chi connectivity index (χ3v) is 1.58. The lowest BCUT2D eigenvalue weighted by atomic mass is 10.1. The van der Waals surface area contributed by atoms with Crippen molar-refractivity contribution in [1.29, 1.82) is 0 Å². The summed E-state index contributed by atoms with van der Waals surface area (Å²) in [5.74, 6) is 4.67. The molecule has 0 aliphatic carbocycles. The minimum atomic E-state index is -0.605. The Morgan fingerprint density at radius 3 is 2.33 bits per heavy atom. The SMILES string of the molecule is NNC(C(N)=O)c1ccccc1. The van der Waals surface area contributed by atoms with Crippen LogP contribution in [0, 0.1) is 0 Å². The van der Waals surface area contributed by atoms with Gasteiger partial charge in [-0.15, -0.1) is 0 Å². The molecule has 0 radical (unpaired) electrons. The highest BCUT2D eigenvalue weighted by molar-refractivity contribution is 5.81. The van der Waals surface area contributed by atoms with Gasteiger partial charge < -0.3 is 5.73 Å². The van der Waals surface area contributed by atoms with Crippen LogP contribution in [0.1, 0.15) is 11.6 Å². The molecule has 1 aromatic rings. The summed E-state index contributed by atoms with van der Waals surface area (Å²) in [7, 11) is 0. The first kappa shape index (κ1) is 8.70. The minimum absolute atomic E-state index is 0.483. The average Bonchev–Trinajstić information content (AvgIpc) is 2.07. The lowest BCUT2D eigenvalue weighted by Crippen LogP contribution is -2.37. The number of carbonyl (C=O) groups is 1. The molecule has 1 amide bonds. The summed E-state index contributed by atoms with van der Waals surface area (Å²) in [5.41, 5.74) is 8.21. The van der Waals surface area contributed by atoms with Crippen molar-refractivity contribution in [3.63, 3.8) is 0 Å². The van der Waals surface area contributed by atoms with Gasteiger partial charge >= 0.3 is 0 Å². The predicted molar refractivity (Wildman–Crippen MR) is 45.7 cm³/mol. The highest BCUT2D eigenvalue weighted by Crippen LogP contribution is 2.09. The molecule has 1 rings (SSSR count). The Morgan fingerprint density at radius 1 is 1.33 bits per heavy atom. The van der Waals surface area contributed by atoms with Crippen LogP contribution in [0.5, 0.6) is 0 Å². The number of benzene rings is 1. The second-order valence-electron chi connectivity index (χ2n) is 2.41. The van der Waals surface area contributed by atoms with E-state index in [-0.39, 0.29) is 0 Å². The molecule has 0 bridgehead atoms. The maximum atomic E-state index is 10.8. The minimum Gasteiger partial charge on any atom is -0.368 e. The summed E-state index contributed by atoms with van der Waals surface area (Å²) in [6.45, 7) is 0.